The second-order valence-corrected chi connectivity index (χ2v) is 7.36. The molecule has 1 N–H and O–H groups in total. The van der Waals surface area contributed by atoms with Crippen LogP contribution in [0.1, 0.15) is 32.1 Å². The third-order valence-electron chi connectivity index (χ3n) is 3.31. The van der Waals surface area contributed by atoms with Crippen molar-refractivity contribution in [2.45, 2.75) is 37.0 Å². The average molecular weight is 333 g/mol. The second-order valence-electron chi connectivity index (χ2n) is 4.68. The Morgan fingerprint density at radius 3 is 2.72 bits per heavy atom. The van der Waals surface area contributed by atoms with E-state index in [2.05, 4.69) is 25.6 Å². The van der Waals surface area contributed by atoms with E-state index in [9.17, 15) is 8.42 Å². The molecule has 0 amide bonds. The minimum atomic E-state index is -3.42. The predicted molar refractivity (Wildman–Crippen MR) is 73.7 cm³/mol. The standard InChI is InChI=1S/C12H17BrN2O2S/c13-11-7-12(9-14-8-11)18(16,17)15-6-5-10-3-1-2-4-10/h7-10,15H,1-6H2. The minimum absolute atomic E-state index is 0.211. The summed E-state index contributed by atoms with van der Waals surface area (Å²) in [6, 6.07) is 1.56. The maximum Gasteiger partial charge on any atom is 0.242 e. The molecule has 0 aliphatic heterocycles. The molecule has 0 saturated heterocycles. The van der Waals surface area contributed by atoms with Gasteiger partial charge in [-0.05, 0) is 34.3 Å². The van der Waals surface area contributed by atoms with E-state index >= 15 is 0 Å². The number of nitrogens with one attached hydrogen (secondary N) is 1. The first-order chi connectivity index (χ1) is 8.58. The zero-order valence-electron chi connectivity index (χ0n) is 10.1. The first-order valence-corrected chi connectivity index (χ1v) is 8.46. The number of sulfonamides is 1. The fourth-order valence-corrected chi connectivity index (χ4v) is 3.87. The van der Waals surface area contributed by atoms with Crippen LogP contribution < -0.4 is 4.72 Å². The summed E-state index contributed by atoms with van der Waals surface area (Å²) in [5.74, 6) is 0.688. The van der Waals surface area contributed by atoms with Gasteiger partial charge in [0.15, 0.2) is 0 Å². The number of rotatable bonds is 5. The molecule has 0 bridgehead atoms. The van der Waals surface area contributed by atoms with E-state index in [4.69, 9.17) is 0 Å². The molecule has 4 nitrogen and oxygen atoms in total. The lowest BCUT2D eigenvalue weighted by molar-refractivity contribution is 0.495. The lowest BCUT2D eigenvalue weighted by atomic mass is 10.1. The molecule has 1 heterocycles. The van der Waals surface area contributed by atoms with Crippen molar-refractivity contribution in [2.75, 3.05) is 6.54 Å². The smallest absolute Gasteiger partial charge is 0.242 e. The molecule has 1 saturated carbocycles. The van der Waals surface area contributed by atoms with Crippen molar-refractivity contribution < 1.29 is 8.42 Å². The van der Waals surface area contributed by atoms with Crippen molar-refractivity contribution in [3.8, 4) is 0 Å². The molecule has 0 aromatic carbocycles. The molecular weight excluding hydrogens is 316 g/mol. The molecule has 0 unspecified atom stereocenters. The van der Waals surface area contributed by atoms with Gasteiger partial charge in [-0.3, -0.25) is 4.98 Å². The molecule has 18 heavy (non-hydrogen) atoms. The zero-order chi connectivity index (χ0) is 13.0. The van der Waals surface area contributed by atoms with Crippen LogP contribution in [0.2, 0.25) is 0 Å². The van der Waals surface area contributed by atoms with Gasteiger partial charge in [-0.2, -0.15) is 0 Å². The summed E-state index contributed by atoms with van der Waals surface area (Å²) >= 11 is 3.22. The monoisotopic (exact) mass is 332 g/mol. The Morgan fingerprint density at radius 1 is 1.33 bits per heavy atom. The molecule has 1 aliphatic carbocycles. The Labute approximate surface area is 116 Å². The van der Waals surface area contributed by atoms with E-state index in [0.717, 1.165) is 6.42 Å². The van der Waals surface area contributed by atoms with E-state index in [1.807, 2.05) is 0 Å². The Balaban J connectivity index is 1.90. The molecule has 0 radical (unpaired) electrons. The number of hydrogen-bond acceptors (Lipinski definition) is 3. The van der Waals surface area contributed by atoms with Gasteiger partial charge in [0.25, 0.3) is 0 Å². The summed E-state index contributed by atoms with van der Waals surface area (Å²) in [4.78, 5) is 4.08. The number of nitrogens with zero attached hydrogens (tertiary/aromatic N) is 1. The Bertz CT molecular complexity index is 499. The van der Waals surface area contributed by atoms with Crippen molar-refractivity contribution in [2.24, 2.45) is 5.92 Å². The Morgan fingerprint density at radius 2 is 2.06 bits per heavy atom. The van der Waals surface area contributed by atoms with Crippen LogP contribution >= 0.6 is 15.9 Å². The second kappa shape index (κ2) is 6.12. The topological polar surface area (TPSA) is 59.1 Å². The third-order valence-corrected chi connectivity index (χ3v) is 5.17. The van der Waals surface area contributed by atoms with Crippen molar-refractivity contribution in [1.82, 2.24) is 9.71 Å². The fraction of sp³-hybridized carbons (Fsp3) is 0.583. The van der Waals surface area contributed by atoms with Crippen LogP contribution in [0.25, 0.3) is 0 Å². The van der Waals surface area contributed by atoms with Gasteiger partial charge < -0.3 is 0 Å². The summed E-state index contributed by atoms with van der Waals surface area (Å²) in [6.45, 7) is 0.513. The first kappa shape index (κ1) is 14.0. The SMILES string of the molecule is O=S(=O)(NCCC1CCCC1)c1cncc(Br)c1. The normalized spacial score (nSPS) is 17.2. The number of aromatic nitrogens is 1. The Kier molecular flexibility index (Phi) is 4.75. The predicted octanol–water partition coefficient (Wildman–Crippen LogP) is 2.70. The van der Waals surface area contributed by atoms with Gasteiger partial charge in [0.1, 0.15) is 4.90 Å². The molecule has 1 aromatic rings. The molecule has 0 atom stereocenters. The molecule has 100 valence electrons. The molecule has 1 fully saturated rings. The number of hydrogen-bond donors (Lipinski definition) is 1. The number of halogens is 1. The van der Waals surface area contributed by atoms with E-state index in [1.165, 1.54) is 31.9 Å². The zero-order valence-corrected chi connectivity index (χ0v) is 12.5. The van der Waals surface area contributed by atoms with Crippen LogP contribution in [0.4, 0.5) is 0 Å². The summed E-state index contributed by atoms with van der Waals surface area (Å²) in [5.41, 5.74) is 0. The minimum Gasteiger partial charge on any atom is -0.262 e. The average Bonchev–Trinajstić information content (AvgIpc) is 2.82. The van der Waals surface area contributed by atoms with Gasteiger partial charge in [0.2, 0.25) is 10.0 Å². The number of pyridine rings is 1. The maximum atomic E-state index is 12.0. The highest BCUT2D eigenvalue weighted by Gasteiger charge is 2.18. The fourth-order valence-electron chi connectivity index (χ4n) is 2.32. The quantitative estimate of drug-likeness (QED) is 0.901. The highest BCUT2D eigenvalue weighted by atomic mass is 79.9. The van der Waals surface area contributed by atoms with Gasteiger partial charge >= 0.3 is 0 Å². The maximum absolute atomic E-state index is 12.0. The van der Waals surface area contributed by atoms with Gasteiger partial charge in [0, 0.05) is 23.4 Å². The summed E-state index contributed by atoms with van der Waals surface area (Å²) in [7, 11) is -3.42. The van der Waals surface area contributed by atoms with Gasteiger partial charge in [0.05, 0.1) is 0 Å². The van der Waals surface area contributed by atoms with Crippen molar-refractivity contribution in [1.29, 1.82) is 0 Å². The van der Waals surface area contributed by atoms with Crippen LogP contribution in [0.3, 0.4) is 0 Å². The van der Waals surface area contributed by atoms with E-state index in [-0.39, 0.29) is 4.90 Å². The molecule has 1 aromatic heterocycles. The summed E-state index contributed by atoms with van der Waals surface area (Å²) < 4.78 is 27.3. The van der Waals surface area contributed by atoms with Crippen molar-refractivity contribution in [3.05, 3.63) is 22.9 Å². The molecule has 2 rings (SSSR count). The largest absolute Gasteiger partial charge is 0.262 e. The highest BCUT2D eigenvalue weighted by Crippen LogP contribution is 2.27. The van der Waals surface area contributed by atoms with E-state index < -0.39 is 10.0 Å². The summed E-state index contributed by atoms with van der Waals surface area (Å²) in [5, 5.41) is 0. The van der Waals surface area contributed by atoms with Crippen LogP contribution in [0.5, 0.6) is 0 Å². The first-order valence-electron chi connectivity index (χ1n) is 6.18. The third kappa shape index (κ3) is 3.76. The molecule has 1 aliphatic rings. The highest BCUT2D eigenvalue weighted by molar-refractivity contribution is 9.10. The summed E-state index contributed by atoms with van der Waals surface area (Å²) in [6.07, 6.45) is 8.90. The molecule has 0 spiro atoms. The van der Waals surface area contributed by atoms with Gasteiger partial charge in [-0.1, -0.05) is 25.7 Å². The van der Waals surface area contributed by atoms with Crippen molar-refractivity contribution in [3.63, 3.8) is 0 Å². The van der Waals surface area contributed by atoms with Crippen LogP contribution in [0.15, 0.2) is 27.8 Å². The lowest BCUT2D eigenvalue weighted by Gasteiger charge is -2.10. The van der Waals surface area contributed by atoms with Gasteiger partial charge in [-0.25, -0.2) is 13.1 Å². The van der Waals surface area contributed by atoms with Crippen molar-refractivity contribution >= 4 is 26.0 Å². The van der Waals surface area contributed by atoms with Crippen LogP contribution in [0, 0.1) is 5.92 Å². The van der Waals surface area contributed by atoms with E-state index in [1.54, 1.807) is 12.3 Å². The van der Waals surface area contributed by atoms with Crippen LogP contribution in [-0.2, 0) is 10.0 Å². The Hall–Kier alpha value is -0.460. The van der Waals surface area contributed by atoms with E-state index in [0.29, 0.717) is 16.9 Å². The molecular formula is C12H17BrN2O2S. The van der Waals surface area contributed by atoms with Crippen LogP contribution in [-0.4, -0.2) is 19.9 Å². The lowest BCUT2D eigenvalue weighted by Crippen LogP contribution is -2.26. The molecule has 6 heteroatoms. The van der Waals surface area contributed by atoms with Gasteiger partial charge in [-0.15, -0.1) is 0 Å².